The van der Waals surface area contributed by atoms with Crippen LogP contribution in [0.2, 0.25) is 0 Å². The van der Waals surface area contributed by atoms with Crippen LogP contribution in [0.5, 0.6) is 0 Å². The van der Waals surface area contributed by atoms with Gasteiger partial charge in [-0.3, -0.25) is 4.79 Å². The summed E-state index contributed by atoms with van der Waals surface area (Å²) < 4.78 is 0. The molecule has 0 atom stereocenters. The van der Waals surface area contributed by atoms with Crippen molar-refractivity contribution in [1.29, 1.82) is 0 Å². The van der Waals surface area contributed by atoms with Crippen LogP contribution in [0.1, 0.15) is 21.5 Å². The second-order valence-corrected chi connectivity index (χ2v) is 6.75. The molecule has 0 aliphatic carbocycles. The van der Waals surface area contributed by atoms with Crippen LogP contribution in [-0.2, 0) is 6.54 Å². The third kappa shape index (κ3) is 4.02. The molecule has 2 aromatic heterocycles. The fourth-order valence-electron chi connectivity index (χ4n) is 3.20. The SMILES string of the molecule is CNc1ncnc2c(CNc3cc(NC(=O)c4ccnnc4)ccc3C)cccc12. The maximum absolute atomic E-state index is 12.4. The van der Waals surface area contributed by atoms with Crippen LogP contribution in [0.3, 0.4) is 0 Å². The van der Waals surface area contributed by atoms with Gasteiger partial charge in [0.15, 0.2) is 0 Å². The van der Waals surface area contributed by atoms with Crippen LogP contribution in [-0.4, -0.2) is 33.1 Å². The second-order valence-electron chi connectivity index (χ2n) is 6.75. The molecule has 0 fully saturated rings. The summed E-state index contributed by atoms with van der Waals surface area (Å²) in [6.07, 6.45) is 4.49. The first-order valence-corrected chi connectivity index (χ1v) is 9.48. The summed E-state index contributed by atoms with van der Waals surface area (Å²) in [6.45, 7) is 2.61. The van der Waals surface area contributed by atoms with Gasteiger partial charge >= 0.3 is 0 Å². The lowest BCUT2D eigenvalue weighted by Crippen LogP contribution is -2.12. The lowest BCUT2D eigenvalue weighted by atomic mass is 10.1. The maximum atomic E-state index is 12.4. The number of nitrogens with zero attached hydrogens (tertiary/aromatic N) is 4. The van der Waals surface area contributed by atoms with Gasteiger partial charge in [-0.15, -0.1) is 0 Å². The van der Waals surface area contributed by atoms with Crippen molar-refractivity contribution in [1.82, 2.24) is 20.2 Å². The van der Waals surface area contributed by atoms with E-state index in [4.69, 9.17) is 0 Å². The van der Waals surface area contributed by atoms with Crippen molar-refractivity contribution in [3.05, 3.63) is 77.9 Å². The van der Waals surface area contributed by atoms with Crippen LogP contribution in [0, 0.1) is 6.92 Å². The van der Waals surface area contributed by atoms with E-state index < -0.39 is 0 Å². The van der Waals surface area contributed by atoms with Crippen molar-refractivity contribution in [2.24, 2.45) is 0 Å². The Morgan fingerprint density at radius 1 is 1.07 bits per heavy atom. The first kappa shape index (κ1) is 19.3. The third-order valence-corrected chi connectivity index (χ3v) is 4.80. The van der Waals surface area contributed by atoms with Gasteiger partial charge in [-0.25, -0.2) is 9.97 Å². The number of fused-ring (bicyclic) bond motifs is 1. The zero-order valence-corrected chi connectivity index (χ0v) is 16.7. The van der Waals surface area contributed by atoms with Crippen LogP contribution in [0.15, 0.2) is 61.2 Å². The molecule has 30 heavy (non-hydrogen) atoms. The Hall–Kier alpha value is -4.07. The summed E-state index contributed by atoms with van der Waals surface area (Å²) >= 11 is 0. The molecule has 1 amide bonds. The van der Waals surface area contributed by atoms with Gasteiger partial charge < -0.3 is 16.0 Å². The Morgan fingerprint density at radius 2 is 1.97 bits per heavy atom. The number of hydrogen-bond acceptors (Lipinski definition) is 7. The predicted octanol–water partition coefficient (Wildman–Crippen LogP) is 3.63. The lowest BCUT2D eigenvalue weighted by Gasteiger charge is -2.14. The van der Waals surface area contributed by atoms with Crippen LogP contribution in [0.4, 0.5) is 17.2 Å². The van der Waals surface area contributed by atoms with Crippen LogP contribution in [0.25, 0.3) is 10.9 Å². The Balaban J connectivity index is 1.54. The maximum Gasteiger partial charge on any atom is 0.257 e. The number of aromatic nitrogens is 4. The van der Waals surface area contributed by atoms with Crippen molar-refractivity contribution >= 4 is 34.0 Å². The average molecular weight is 399 g/mol. The van der Waals surface area contributed by atoms with Gasteiger partial charge in [-0.05, 0) is 42.3 Å². The van der Waals surface area contributed by atoms with Gasteiger partial charge in [0.25, 0.3) is 5.91 Å². The molecule has 0 saturated heterocycles. The van der Waals surface area contributed by atoms with Crippen molar-refractivity contribution in [3.8, 4) is 0 Å². The van der Waals surface area contributed by atoms with E-state index in [2.05, 4.69) is 36.1 Å². The Kier molecular flexibility index (Phi) is 5.47. The first-order valence-electron chi connectivity index (χ1n) is 9.48. The molecule has 0 unspecified atom stereocenters. The zero-order chi connectivity index (χ0) is 20.9. The van der Waals surface area contributed by atoms with E-state index in [1.54, 1.807) is 12.4 Å². The van der Waals surface area contributed by atoms with Gasteiger partial charge in [-0.1, -0.05) is 18.2 Å². The second kappa shape index (κ2) is 8.52. The average Bonchev–Trinajstić information content (AvgIpc) is 2.79. The monoisotopic (exact) mass is 399 g/mol. The highest BCUT2D eigenvalue weighted by molar-refractivity contribution is 6.04. The van der Waals surface area contributed by atoms with E-state index in [1.165, 1.54) is 12.4 Å². The molecule has 0 spiro atoms. The highest BCUT2D eigenvalue weighted by Gasteiger charge is 2.09. The molecule has 0 aliphatic heterocycles. The smallest absolute Gasteiger partial charge is 0.257 e. The Bertz CT molecular complexity index is 1190. The van der Waals surface area contributed by atoms with Gasteiger partial charge in [0.1, 0.15) is 12.1 Å². The Morgan fingerprint density at radius 3 is 2.77 bits per heavy atom. The number of nitrogens with one attached hydrogen (secondary N) is 3. The minimum absolute atomic E-state index is 0.231. The number of benzene rings is 2. The molecule has 150 valence electrons. The molecule has 0 radical (unpaired) electrons. The minimum Gasteiger partial charge on any atom is -0.381 e. The largest absolute Gasteiger partial charge is 0.381 e. The van der Waals surface area contributed by atoms with Crippen molar-refractivity contribution in [3.63, 3.8) is 0 Å². The number of hydrogen-bond donors (Lipinski definition) is 3. The number of anilines is 3. The number of carbonyl (C=O) groups excluding carboxylic acids is 1. The first-order chi connectivity index (χ1) is 14.7. The third-order valence-electron chi connectivity index (χ3n) is 4.80. The van der Waals surface area contributed by atoms with E-state index in [0.717, 1.165) is 33.5 Å². The summed E-state index contributed by atoms with van der Waals surface area (Å²) in [5, 5.41) is 17.9. The number of carbonyl (C=O) groups is 1. The Labute approximate surface area is 173 Å². The molecule has 2 heterocycles. The van der Waals surface area contributed by atoms with Crippen molar-refractivity contribution in [2.45, 2.75) is 13.5 Å². The van der Waals surface area contributed by atoms with Gasteiger partial charge in [0.05, 0.1) is 23.5 Å². The topological polar surface area (TPSA) is 105 Å². The normalized spacial score (nSPS) is 10.6. The van der Waals surface area contributed by atoms with Crippen molar-refractivity contribution in [2.75, 3.05) is 23.0 Å². The molecular weight excluding hydrogens is 378 g/mol. The molecule has 0 bridgehead atoms. The van der Waals surface area contributed by atoms with Gasteiger partial charge in [0.2, 0.25) is 0 Å². The van der Waals surface area contributed by atoms with E-state index in [1.807, 2.05) is 50.4 Å². The molecule has 0 aliphatic rings. The summed E-state index contributed by atoms with van der Waals surface area (Å²) in [6, 6.07) is 13.4. The van der Waals surface area contributed by atoms with E-state index in [-0.39, 0.29) is 5.91 Å². The number of aryl methyl sites for hydroxylation is 1. The van der Waals surface area contributed by atoms with Crippen LogP contribution >= 0.6 is 0 Å². The molecule has 8 heteroatoms. The molecule has 8 nitrogen and oxygen atoms in total. The van der Waals surface area contributed by atoms with E-state index in [9.17, 15) is 4.79 Å². The van der Waals surface area contributed by atoms with Gasteiger partial charge in [0, 0.05) is 30.4 Å². The summed E-state index contributed by atoms with van der Waals surface area (Å²) in [7, 11) is 1.85. The van der Waals surface area contributed by atoms with Crippen LogP contribution < -0.4 is 16.0 Å². The highest BCUT2D eigenvalue weighted by atomic mass is 16.1. The number of amides is 1. The van der Waals surface area contributed by atoms with E-state index >= 15 is 0 Å². The standard InChI is InChI=1S/C22H21N7O/c1-14-6-7-17(29-22(30)16-8-9-27-28-12-16)10-19(14)24-11-15-4-3-5-18-20(15)25-13-26-21(18)23-2/h3-10,12-13,24H,11H2,1-2H3,(H,29,30)(H,23,25,26). The number of rotatable bonds is 6. The fourth-order valence-corrected chi connectivity index (χ4v) is 3.20. The van der Waals surface area contributed by atoms with Crippen molar-refractivity contribution < 1.29 is 4.79 Å². The minimum atomic E-state index is -0.231. The molecule has 3 N–H and O–H groups in total. The zero-order valence-electron chi connectivity index (χ0n) is 16.7. The number of para-hydroxylation sites is 1. The molecule has 4 aromatic rings. The summed E-state index contributed by atoms with van der Waals surface area (Å²) in [5.41, 5.74) is 5.11. The highest BCUT2D eigenvalue weighted by Crippen LogP contribution is 2.25. The summed E-state index contributed by atoms with van der Waals surface area (Å²) in [5.74, 6) is 0.568. The molecule has 4 rings (SSSR count). The molecule has 0 saturated carbocycles. The van der Waals surface area contributed by atoms with Gasteiger partial charge in [-0.2, -0.15) is 10.2 Å². The quantitative estimate of drug-likeness (QED) is 0.455. The fraction of sp³-hybridized carbons (Fsp3) is 0.136. The molecular formula is C22H21N7O. The summed E-state index contributed by atoms with van der Waals surface area (Å²) in [4.78, 5) is 21.1. The predicted molar refractivity (Wildman–Crippen MR) is 118 cm³/mol. The lowest BCUT2D eigenvalue weighted by molar-refractivity contribution is 0.102. The molecule has 2 aromatic carbocycles. The van der Waals surface area contributed by atoms with E-state index in [0.29, 0.717) is 17.8 Å².